The molecule has 1 fully saturated rings. The van der Waals surface area contributed by atoms with Gasteiger partial charge in [-0.25, -0.2) is 0 Å². The fourth-order valence-electron chi connectivity index (χ4n) is 3.24. The van der Waals surface area contributed by atoms with Crippen LogP contribution in [0.4, 0.5) is 5.69 Å². The first kappa shape index (κ1) is 15.2. The third-order valence-corrected chi connectivity index (χ3v) is 4.34. The maximum Gasteiger partial charge on any atom is 0.123 e. The molecule has 1 unspecified atom stereocenters. The molecule has 1 aromatic carbocycles. The second-order valence-corrected chi connectivity index (χ2v) is 5.93. The minimum absolute atomic E-state index is 0.819. The van der Waals surface area contributed by atoms with E-state index >= 15 is 0 Å². The van der Waals surface area contributed by atoms with Crippen molar-refractivity contribution in [2.75, 3.05) is 25.9 Å². The first-order chi connectivity index (χ1) is 9.72. The third kappa shape index (κ3) is 4.14. The number of likely N-dealkylation sites (tertiary alicyclic amines) is 1. The van der Waals surface area contributed by atoms with Gasteiger partial charge in [0.1, 0.15) is 5.75 Å². The lowest BCUT2D eigenvalue weighted by molar-refractivity contribution is 0.266. The Hall–Kier alpha value is -1.22. The highest BCUT2D eigenvalue weighted by atomic mass is 16.5. The van der Waals surface area contributed by atoms with E-state index in [1.165, 1.54) is 50.8 Å². The third-order valence-electron chi connectivity index (χ3n) is 4.34. The number of nitrogen functional groups attached to an aromatic ring is 1. The van der Waals surface area contributed by atoms with Gasteiger partial charge in [-0.2, -0.15) is 0 Å². The lowest BCUT2D eigenvalue weighted by Crippen LogP contribution is -2.24. The average Bonchev–Trinajstić information content (AvgIpc) is 2.65. The quantitative estimate of drug-likeness (QED) is 0.834. The van der Waals surface area contributed by atoms with Crippen LogP contribution in [0.2, 0.25) is 0 Å². The molecule has 1 saturated heterocycles. The van der Waals surface area contributed by atoms with Crippen LogP contribution in [-0.2, 0) is 6.54 Å². The number of anilines is 1. The molecule has 0 spiro atoms. The van der Waals surface area contributed by atoms with E-state index in [-0.39, 0.29) is 0 Å². The summed E-state index contributed by atoms with van der Waals surface area (Å²) >= 11 is 0. The van der Waals surface area contributed by atoms with Crippen LogP contribution in [0.3, 0.4) is 0 Å². The fourth-order valence-corrected chi connectivity index (χ4v) is 3.24. The molecule has 0 radical (unpaired) electrons. The molecule has 2 rings (SSSR count). The molecule has 3 heteroatoms. The van der Waals surface area contributed by atoms with Crippen molar-refractivity contribution in [1.29, 1.82) is 0 Å². The Morgan fingerprint density at radius 2 is 2.15 bits per heavy atom. The molecule has 1 heterocycles. The standard InChI is InChI=1S/C17H28N2O/c1-3-5-14-6-4-10-19(11-9-14)13-15-12-16(18)7-8-17(15)20-2/h7-8,12,14H,3-6,9-11,13,18H2,1-2H3. The summed E-state index contributed by atoms with van der Waals surface area (Å²) in [6.45, 7) is 5.63. The molecule has 0 saturated carbocycles. The molecule has 1 atom stereocenters. The predicted molar refractivity (Wildman–Crippen MR) is 84.9 cm³/mol. The number of nitrogens with two attached hydrogens (primary N) is 1. The molecule has 2 N–H and O–H groups in total. The highest BCUT2D eigenvalue weighted by molar-refractivity contribution is 5.47. The highest BCUT2D eigenvalue weighted by Crippen LogP contribution is 2.26. The van der Waals surface area contributed by atoms with Crippen LogP contribution in [0, 0.1) is 5.92 Å². The van der Waals surface area contributed by atoms with Gasteiger partial charge in [-0.05, 0) is 56.5 Å². The summed E-state index contributed by atoms with van der Waals surface area (Å²) in [5.74, 6) is 1.88. The summed E-state index contributed by atoms with van der Waals surface area (Å²) in [5.41, 5.74) is 7.93. The first-order valence-electron chi connectivity index (χ1n) is 7.87. The minimum Gasteiger partial charge on any atom is -0.496 e. The maximum absolute atomic E-state index is 5.91. The monoisotopic (exact) mass is 276 g/mol. The van der Waals surface area contributed by atoms with E-state index in [1.54, 1.807) is 7.11 Å². The van der Waals surface area contributed by atoms with E-state index < -0.39 is 0 Å². The SMILES string of the molecule is CCCC1CCCN(Cc2cc(N)ccc2OC)CC1. The Morgan fingerprint density at radius 1 is 1.30 bits per heavy atom. The molecule has 20 heavy (non-hydrogen) atoms. The van der Waals surface area contributed by atoms with Crippen molar-refractivity contribution in [3.8, 4) is 5.75 Å². The summed E-state index contributed by atoms with van der Waals surface area (Å²) < 4.78 is 5.45. The second kappa shape index (κ2) is 7.53. The van der Waals surface area contributed by atoms with E-state index in [0.29, 0.717) is 0 Å². The van der Waals surface area contributed by atoms with Crippen LogP contribution in [0.25, 0.3) is 0 Å². The van der Waals surface area contributed by atoms with E-state index in [0.717, 1.165) is 23.9 Å². The van der Waals surface area contributed by atoms with Crippen molar-refractivity contribution >= 4 is 5.69 Å². The van der Waals surface area contributed by atoms with Crippen molar-refractivity contribution < 1.29 is 4.74 Å². The zero-order valence-electron chi connectivity index (χ0n) is 12.9. The Balaban J connectivity index is 1.97. The van der Waals surface area contributed by atoms with Crippen LogP contribution in [-0.4, -0.2) is 25.1 Å². The lowest BCUT2D eigenvalue weighted by Gasteiger charge is -2.21. The Labute approximate surface area is 123 Å². The average molecular weight is 276 g/mol. The number of nitrogens with zero attached hydrogens (tertiary/aromatic N) is 1. The first-order valence-corrected chi connectivity index (χ1v) is 7.87. The van der Waals surface area contributed by atoms with Gasteiger partial charge in [0.25, 0.3) is 0 Å². The van der Waals surface area contributed by atoms with Gasteiger partial charge in [-0.15, -0.1) is 0 Å². The van der Waals surface area contributed by atoms with Gasteiger partial charge >= 0.3 is 0 Å². The van der Waals surface area contributed by atoms with Crippen LogP contribution in [0.5, 0.6) is 5.75 Å². The minimum atomic E-state index is 0.819. The van der Waals surface area contributed by atoms with Gasteiger partial charge < -0.3 is 10.5 Å². The van der Waals surface area contributed by atoms with E-state index in [4.69, 9.17) is 10.5 Å². The topological polar surface area (TPSA) is 38.5 Å². The molecule has 112 valence electrons. The number of hydrogen-bond acceptors (Lipinski definition) is 3. The largest absolute Gasteiger partial charge is 0.496 e. The van der Waals surface area contributed by atoms with Crippen LogP contribution in [0.15, 0.2) is 18.2 Å². The van der Waals surface area contributed by atoms with E-state index in [2.05, 4.69) is 11.8 Å². The molecule has 1 aliphatic heterocycles. The normalized spacial score (nSPS) is 20.6. The van der Waals surface area contributed by atoms with E-state index in [1.807, 2.05) is 18.2 Å². The van der Waals surface area contributed by atoms with Gasteiger partial charge in [-0.3, -0.25) is 4.90 Å². The highest BCUT2D eigenvalue weighted by Gasteiger charge is 2.17. The molecule has 0 amide bonds. The Kier molecular flexibility index (Phi) is 5.72. The molecule has 1 aromatic rings. The molecule has 1 aliphatic rings. The Morgan fingerprint density at radius 3 is 2.90 bits per heavy atom. The molecular formula is C17H28N2O. The summed E-state index contributed by atoms with van der Waals surface area (Å²) in [7, 11) is 1.73. The Bertz CT molecular complexity index is 419. The summed E-state index contributed by atoms with van der Waals surface area (Å²) in [5, 5.41) is 0. The van der Waals surface area contributed by atoms with Crippen molar-refractivity contribution in [3.05, 3.63) is 23.8 Å². The van der Waals surface area contributed by atoms with Crippen molar-refractivity contribution in [3.63, 3.8) is 0 Å². The van der Waals surface area contributed by atoms with Gasteiger partial charge in [0, 0.05) is 17.8 Å². The zero-order valence-corrected chi connectivity index (χ0v) is 12.9. The summed E-state index contributed by atoms with van der Waals surface area (Å²) in [4.78, 5) is 2.55. The van der Waals surface area contributed by atoms with Crippen molar-refractivity contribution in [1.82, 2.24) is 4.90 Å². The molecule has 3 nitrogen and oxygen atoms in total. The number of benzene rings is 1. The molecular weight excluding hydrogens is 248 g/mol. The maximum atomic E-state index is 5.91. The second-order valence-electron chi connectivity index (χ2n) is 5.93. The molecule has 0 aliphatic carbocycles. The van der Waals surface area contributed by atoms with Gasteiger partial charge in [0.15, 0.2) is 0 Å². The van der Waals surface area contributed by atoms with Crippen molar-refractivity contribution in [2.24, 2.45) is 5.92 Å². The van der Waals surface area contributed by atoms with Crippen molar-refractivity contribution in [2.45, 2.75) is 45.6 Å². The predicted octanol–water partition coefficient (Wildman–Crippen LogP) is 3.68. The molecule has 0 aromatic heterocycles. The number of hydrogen-bond donors (Lipinski definition) is 1. The number of ether oxygens (including phenoxy) is 1. The van der Waals surface area contributed by atoms with Gasteiger partial charge in [0.05, 0.1) is 7.11 Å². The zero-order chi connectivity index (χ0) is 14.4. The number of methoxy groups -OCH3 is 1. The van der Waals surface area contributed by atoms with Crippen LogP contribution in [0.1, 0.15) is 44.6 Å². The van der Waals surface area contributed by atoms with Crippen LogP contribution >= 0.6 is 0 Å². The van der Waals surface area contributed by atoms with Gasteiger partial charge in [-0.1, -0.05) is 19.8 Å². The smallest absolute Gasteiger partial charge is 0.123 e. The lowest BCUT2D eigenvalue weighted by atomic mass is 9.96. The van der Waals surface area contributed by atoms with Crippen LogP contribution < -0.4 is 10.5 Å². The van der Waals surface area contributed by atoms with E-state index in [9.17, 15) is 0 Å². The molecule has 0 bridgehead atoms. The number of rotatable bonds is 5. The summed E-state index contributed by atoms with van der Waals surface area (Å²) in [6.07, 6.45) is 6.73. The fraction of sp³-hybridized carbons (Fsp3) is 0.647. The summed E-state index contributed by atoms with van der Waals surface area (Å²) in [6, 6.07) is 5.93. The van der Waals surface area contributed by atoms with Gasteiger partial charge in [0.2, 0.25) is 0 Å².